The lowest BCUT2D eigenvalue weighted by Gasteiger charge is -2.36. The van der Waals surface area contributed by atoms with Gasteiger partial charge in [0.15, 0.2) is 8.32 Å². The van der Waals surface area contributed by atoms with Gasteiger partial charge in [-0.3, -0.25) is 0 Å². The van der Waals surface area contributed by atoms with Gasteiger partial charge in [-0.2, -0.15) is 0 Å². The van der Waals surface area contributed by atoms with E-state index in [1.165, 1.54) is 12.1 Å². The highest BCUT2D eigenvalue weighted by molar-refractivity contribution is 9.10. The van der Waals surface area contributed by atoms with Crippen molar-refractivity contribution in [2.24, 2.45) is 0 Å². The summed E-state index contributed by atoms with van der Waals surface area (Å²) in [6.07, 6.45) is 0. The van der Waals surface area contributed by atoms with Crippen LogP contribution in [0.3, 0.4) is 0 Å². The Morgan fingerprint density at radius 3 is 2.35 bits per heavy atom. The zero-order chi connectivity index (χ0) is 13.3. The summed E-state index contributed by atoms with van der Waals surface area (Å²) in [5.41, 5.74) is 0.997. The molecule has 0 aliphatic heterocycles. The van der Waals surface area contributed by atoms with Gasteiger partial charge in [-0.05, 0) is 35.8 Å². The molecule has 1 aromatic rings. The predicted molar refractivity (Wildman–Crippen MR) is 76.1 cm³/mol. The molecular weight excluding hydrogens is 299 g/mol. The van der Waals surface area contributed by atoms with Gasteiger partial charge in [0.25, 0.3) is 0 Å². The van der Waals surface area contributed by atoms with Gasteiger partial charge in [-0.15, -0.1) is 0 Å². The van der Waals surface area contributed by atoms with Crippen LogP contribution in [0.4, 0.5) is 4.39 Å². The van der Waals surface area contributed by atoms with E-state index in [-0.39, 0.29) is 10.9 Å². The van der Waals surface area contributed by atoms with Gasteiger partial charge in [-0.25, -0.2) is 4.39 Å². The molecule has 0 bridgehead atoms. The molecule has 1 nitrogen and oxygen atoms in total. The number of halogens is 2. The predicted octanol–water partition coefficient (Wildman–Crippen LogP) is 5.11. The second-order valence-electron chi connectivity index (χ2n) is 5.78. The minimum atomic E-state index is -1.74. The summed E-state index contributed by atoms with van der Waals surface area (Å²) in [5, 5.41) is 0.194. The van der Waals surface area contributed by atoms with E-state index in [4.69, 9.17) is 4.43 Å². The number of hydrogen-bond acceptors (Lipinski definition) is 1. The average Bonchev–Trinajstić information content (AvgIpc) is 2.14. The molecule has 0 aromatic heterocycles. The van der Waals surface area contributed by atoms with Crippen molar-refractivity contribution < 1.29 is 8.82 Å². The summed E-state index contributed by atoms with van der Waals surface area (Å²) in [5.74, 6) is -0.229. The second-order valence-corrected chi connectivity index (χ2v) is 11.4. The zero-order valence-electron chi connectivity index (χ0n) is 11.1. The molecule has 0 unspecified atom stereocenters. The molecule has 0 heterocycles. The number of benzene rings is 1. The van der Waals surface area contributed by atoms with Gasteiger partial charge in [0.05, 0.1) is 6.61 Å². The molecule has 0 fully saturated rings. The maximum atomic E-state index is 12.9. The summed E-state index contributed by atoms with van der Waals surface area (Å²) in [4.78, 5) is 0. The van der Waals surface area contributed by atoms with Crippen LogP contribution in [0.25, 0.3) is 0 Å². The zero-order valence-corrected chi connectivity index (χ0v) is 13.7. The van der Waals surface area contributed by atoms with Crippen molar-refractivity contribution in [3.63, 3.8) is 0 Å². The van der Waals surface area contributed by atoms with Crippen LogP contribution >= 0.6 is 15.9 Å². The maximum absolute atomic E-state index is 12.9. The molecule has 0 atom stereocenters. The molecule has 0 N–H and O–H groups in total. The van der Waals surface area contributed by atoms with Crippen LogP contribution in [-0.4, -0.2) is 8.32 Å². The van der Waals surface area contributed by atoms with E-state index in [9.17, 15) is 4.39 Å². The number of rotatable bonds is 3. The van der Waals surface area contributed by atoms with E-state index in [0.29, 0.717) is 6.61 Å². The van der Waals surface area contributed by atoms with E-state index in [1.807, 2.05) is 0 Å². The second kappa shape index (κ2) is 5.20. The standard InChI is InChI=1S/C13H20BrFOSi/c1-13(2,3)17(4,5)16-9-10-6-7-11(15)8-12(10)14/h6-8H,9H2,1-5H3. The lowest BCUT2D eigenvalue weighted by molar-refractivity contribution is 0.275. The molecule has 0 spiro atoms. The molecule has 0 amide bonds. The van der Waals surface area contributed by atoms with Gasteiger partial charge < -0.3 is 4.43 Å². The highest BCUT2D eigenvalue weighted by atomic mass is 79.9. The van der Waals surface area contributed by atoms with Crippen LogP contribution in [-0.2, 0) is 11.0 Å². The summed E-state index contributed by atoms with van der Waals surface area (Å²) in [7, 11) is -1.74. The Labute approximate surface area is 113 Å². The molecule has 0 saturated heterocycles. The van der Waals surface area contributed by atoms with Crippen molar-refractivity contribution >= 4 is 24.2 Å². The van der Waals surface area contributed by atoms with E-state index in [1.54, 1.807) is 6.07 Å². The molecular formula is C13H20BrFOSi. The molecule has 0 aliphatic carbocycles. The molecule has 1 aromatic carbocycles. The van der Waals surface area contributed by atoms with Crippen molar-refractivity contribution in [1.82, 2.24) is 0 Å². The van der Waals surface area contributed by atoms with E-state index < -0.39 is 8.32 Å². The van der Waals surface area contributed by atoms with Gasteiger partial charge in [0.1, 0.15) is 5.82 Å². The summed E-state index contributed by atoms with van der Waals surface area (Å²) < 4.78 is 19.8. The Morgan fingerprint density at radius 1 is 1.29 bits per heavy atom. The van der Waals surface area contributed by atoms with Gasteiger partial charge in [0.2, 0.25) is 0 Å². The smallest absolute Gasteiger partial charge is 0.192 e. The fourth-order valence-electron chi connectivity index (χ4n) is 1.11. The van der Waals surface area contributed by atoms with E-state index in [0.717, 1.165) is 10.0 Å². The highest BCUT2D eigenvalue weighted by Gasteiger charge is 2.37. The molecule has 1 rings (SSSR count). The minimum Gasteiger partial charge on any atom is -0.413 e. The molecule has 4 heteroatoms. The Hall–Kier alpha value is -0.193. The van der Waals surface area contributed by atoms with Crippen LogP contribution < -0.4 is 0 Å². The van der Waals surface area contributed by atoms with Crippen LogP contribution in [0.2, 0.25) is 18.1 Å². The summed E-state index contributed by atoms with van der Waals surface area (Å²) in [6.45, 7) is 11.6. The fourth-order valence-corrected chi connectivity index (χ4v) is 2.53. The lowest BCUT2D eigenvalue weighted by Crippen LogP contribution is -2.40. The van der Waals surface area contributed by atoms with Gasteiger partial charge in [-0.1, -0.05) is 42.8 Å². The lowest BCUT2D eigenvalue weighted by atomic mass is 10.2. The van der Waals surface area contributed by atoms with Crippen molar-refractivity contribution in [2.75, 3.05) is 0 Å². The van der Waals surface area contributed by atoms with E-state index >= 15 is 0 Å². The normalized spacial score (nSPS) is 12.9. The Kier molecular flexibility index (Phi) is 4.55. The average molecular weight is 319 g/mol. The molecule has 0 saturated carbocycles. The van der Waals surface area contributed by atoms with Crippen molar-refractivity contribution in [3.8, 4) is 0 Å². The van der Waals surface area contributed by atoms with Gasteiger partial charge in [0, 0.05) is 4.47 Å². The van der Waals surface area contributed by atoms with Crippen LogP contribution in [0.1, 0.15) is 26.3 Å². The largest absolute Gasteiger partial charge is 0.413 e. The quantitative estimate of drug-likeness (QED) is 0.704. The SMILES string of the molecule is CC(C)(C)[Si](C)(C)OCc1ccc(F)cc1Br. The van der Waals surface area contributed by atoms with Crippen molar-refractivity contribution in [1.29, 1.82) is 0 Å². The Balaban J connectivity index is 2.74. The Bertz CT molecular complexity index is 399. The summed E-state index contributed by atoms with van der Waals surface area (Å²) >= 11 is 3.36. The monoisotopic (exact) mass is 318 g/mol. The number of hydrogen-bond donors (Lipinski definition) is 0. The minimum absolute atomic E-state index is 0.194. The topological polar surface area (TPSA) is 9.23 Å². The van der Waals surface area contributed by atoms with E-state index in [2.05, 4.69) is 49.8 Å². The van der Waals surface area contributed by atoms with Crippen molar-refractivity contribution in [2.45, 2.75) is 45.5 Å². The third kappa shape index (κ3) is 3.90. The molecule has 0 radical (unpaired) electrons. The molecule has 96 valence electrons. The first-order valence-electron chi connectivity index (χ1n) is 5.71. The van der Waals surface area contributed by atoms with Gasteiger partial charge >= 0.3 is 0 Å². The first-order valence-corrected chi connectivity index (χ1v) is 9.41. The third-order valence-electron chi connectivity index (χ3n) is 3.41. The third-order valence-corrected chi connectivity index (χ3v) is 8.63. The van der Waals surface area contributed by atoms with Crippen LogP contribution in [0, 0.1) is 5.82 Å². The highest BCUT2D eigenvalue weighted by Crippen LogP contribution is 2.37. The molecule has 17 heavy (non-hydrogen) atoms. The summed E-state index contributed by atoms with van der Waals surface area (Å²) in [6, 6.07) is 4.71. The van der Waals surface area contributed by atoms with Crippen LogP contribution in [0.15, 0.2) is 22.7 Å². The molecule has 0 aliphatic rings. The van der Waals surface area contributed by atoms with Crippen LogP contribution in [0.5, 0.6) is 0 Å². The fraction of sp³-hybridized carbons (Fsp3) is 0.538. The first kappa shape index (κ1) is 14.9. The maximum Gasteiger partial charge on any atom is 0.192 e. The first-order chi connectivity index (χ1) is 7.63. The van der Waals surface area contributed by atoms with Crippen molar-refractivity contribution in [3.05, 3.63) is 34.1 Å². The Morgan fingerprint density at radius 2 is 1.88 bits per heavy atom.